The molecule has 1 atom stereocenters. The van der Waals surface area contributed by atoms with Crippen LogP contribution in [0.3, 0.4) is 0 Å². The van der Waals surface area contributed by atoms with Gasteiger partial charge in [-0.2, -0.15) is 0 Å². The molecule has 0 spiro atoms. The maximum atomic E-state index is 11.5. The molecule has 1 aliphatic heterocycles. The molecule has 7 nitrogen and oxygen atoms in total. The molecular weight excluding hydrogens is 304 g/mol. The van der Waals surface area contributed by atoms with Gasteiger partial charge >= 0.3 is 11.9 Å². The summed E-state index contributed by atoms with van der Waals surface area (Å²) in [6, 6.07) is 10.6. The smallest absolute Gasteiger partial charge is 0.347 e. The number of esters is 2. The van der Waals surface area contributed by atoms with Crippen LogP contribution in [0.1, 0.15) is 32.6 Å². The van der Waals surface area contributed by atoms with Crippen LogP contribution in [-0.4, -0.2) is 23.5 Å². The first-order valence-corrected chi connectivity index (χ1v) is 6.54. The Hall–Kier alpha value is -3.19. The average Bonchev–Trinajstić information content (AvgIpc) is 2.82. The second-order valence-electron chi connectivity index (χ2n) is 4.64. The molecule has 0 aromatic heterocycles. The summed E-state index contributed by atoms with van der Waals surface area (Å²) in [5.41, 5.74) is 0.735. The first kappa shape index (κ1) is 14.7. The molecule has 7 heteroatoms. The van der Waals surface area contributed by atoms with Crippen LogP contribution in [0.4, 0.5) is 0 Å². The minimum absolute atomic E-state index is 0.152. The molecule has 0 bridgehead atoms. The van der Waals surface area contributed by atoms with Crippen molar-refractivity contribution in [2.24, 2.45) is 0 Å². The van der Waals surface area contributed by atoms with E-state index >= 15 is 0 Å². The van der Waals surface area contributed by atoms with Gasteiger partial charge in [0, 0.05) is 5.56 Å². The quantitative estimate of drug-likeness (QED) is 0.390. The first-order chi connectivity index (χ1) is 11.1. The number of rotatable bonds is 5. The molecule has 1 heterocycles. The number of fused-ring (bicyclic) bond motifs is 1. The maximum absolute atomic E-state index is 11.5. The Balaban J connectivity index is 1.78. The number of ether oxygens (including phenoxy) is 3. The van der Waals surface area contributed by atoms with Crippen molar-refractivity contribution in [1.82, 2.24) is 0 Å². The van der Waals surface area contributed by atoms with Crippen molar-refractivity contribution < 1.29 is 33.7 Å². The van der Waals surface area contributed by atoms with Crippen LogP contribution in [0.25, 0.3) is 0 Å². The van der Waals surface area contributed by atoms with Gasteiger partial charge in [0.05, 0.1) is 11.1 Å². The van der Waals surface area contributed by atoms with Gasteiger partial charge in [0.2, 0.25) is 6.29 Å². The lowest BCUT2D eigenvalue weighted by Crippen LogP contribution is -2.01. The normalized spacial score (nSPS) is 14.0. The minimum Gasteiger partial charge on any atom is -0.457 e. The Bertz CT molecular complexity index is 780. The van der Waals surface area contributed by atoms with Gasteiger partial charge in [0.1, 0.15) is 11.5 Å². The standard InChI is InChI=1S/C16H10O7/c17-8-21-14(18)9-1-3-10(4-2-9)22-11-5-6-12-13(7-11)16(20)23-15(12)19/h1-8,14,18H. The van der Waals surface area contributed by atoms with Gasteiger partial charge in [-0.15, -0.1) is 0 Å². The van der Waals surface area contributed by atoms with E-state index in [0.29, 0.717) is 17.1 Å². The lowest BCUT2D eigenvalue weighted by Gasteiger charge is -2.10. The molecule has 0 saturated carbocycles. The van der Waals surface area contributed by atoms with Crippen molar-refractivity contribution in [3.8, 4) is 11.5 Å². The number of benzene rings is 2. The van der Waals surface area contributed by atoms with Crippen LogP contribution in [0, 0.1) is 0 Å². The summed E-state index contributed by atoms with van der Waals surface area (Å²) in [6.07, 6.45) is -1.35. The second-order valence-corrected chi connectivity index (χ2v) is 4.64. The minimum atomic E-state index is -1.35. The molecule has 0 saturated heterocycles. The van der Waals surface area contributed by atoms with Crippen LogP contribution in [0.15, 0.2) is 42.5 Å². The highest BCUT2D eigenvalue weighted by Crippen LogP contribution is 2.28. The first-order valence-electron chi connectivity index (χ1n) is 6.54. The van der Waals surface area contributed by atoms with Crippen molar-refractivity contribution in [3.63, 3.8) is 0 Å². The summed E-state index contributed by atoms with van der Waals surface area (Å²) in [7, 11) is 0. The molecule has 2 aromatic rings. The highest BCUT2D eigenvalue weighted by atomic mass is 16.6. The maximum Gasteiger partial charge on any atom is 0.347 e. The van der Waals surface area contributed by atoms with Crippen molar-refractivity contribution in [3.05, 3.63) is 59.2 Å². The Morgan fingerprint density at radius 1 is 0.957 bits per heavy atom. The Morgan fingerprint density at radius 2 is 1.61 bits per heavy atom. The molecule has 23 heavy (non-hydrogen) atoms. The van der Waals surface area contributed by atoms with Gasteiger partial charge in [0.25, 0.3) is 6.47 Å². The van der Waals surface area contributed by atoms with Gasteiger partial charge in [-0.05, 0) is 42.5 Å². The Kier molecular flexibility index (Phi) is 3.78. The summed E-state index contributed by atoms with van der Waals surface area (Å²) in [6.45, 7) is 0.153. The average molecular weight is 314 g/mol. The van der Waals surface area contributed by atoms with Gasteiger partial charge in [-0.25, -0.2) is 9.59 Å². The molecule has 2 aromatic carbocycles. The molecule has 0 amide bonds. The fourth-order valence-electron chi connectivity index (χ4n) is 2.10. The summed E-state index contributed by atoms with van der Waals surface area (Å²) < 4.78 is 14.5. The lowest BCUT2D eigenvalue weighted by molar-refractivity contribution is -0.152. The molecule has 1 aliphatic rings. The van der Waals surface area contributed by atoms with Gasteiger partial charge in [-0.3, -0.25) is 4.79 Å². The zero-order chi connectivity index (χ0) is 16.4. The van der Waals surface area contributed by atoms with Gasteiger partial charge in [0.15, 0.2) is 0 Å². The predicted molar refractivity (Wildman–Crippen MR) is 74.8 cm³/mol. The number of carbonyl (C=O) groups is 3. The molecule has 1 unspecified atom stereocenters. The third-order valence-corrected chi connectivity index (χ3v) is 3.20. The number of carbonyl (C=O) groups excluding carboxylic acids is 3. The molecule has 0 aliphatic carbocycles. The molecule has 3 rings (SSSR count). The number of hydrogen-bond donors (Lipinski definition) is 1. The van der Waals surface area contributed by atoms with Crippen LogP contribution in [0.2, 0.25) is 0 Å². The number of cyclic esters (lactones) is 2. The number of aliphatic hydroxyl groups excluding tert-OH is 1. The fraction of sp³-hybridized carbons (Fsp3) is 0.0625. The van der Waals surface area contributed by atoms with Crippen LogP contribution in [0.5, 0.6) is 11.5 Å². The van der Waals surface area contributed by atoms with E-state index in [2.05, 4.69) is 9.47 Å². The molecular formula is C16H10O7. The second kappa shape index (κ2) is 5.90. The Labute approximate surface area is 130 Å². The molecule has 0 radical (unpaired) electrons. The van der Waals surface area contributed by atoms with Crippen molar-refractivity contribution >= 4 is 18.4 Å². The molecule has 116 valence electrons. The van der Waals surface area contributed by atoms with E-state index in [1.807, 2.05) is 0 Å². The summed E-state index contributed by atoms with van der Waals surface area (Å²) in [4.78, 5) is 33.0. The zero-order valence-electron chi connectivity index (χ0n) is 11.6. The van der Waals surface area contributed by atoms with Crippen LogP contribution >= 0.6 is 0 Å². The molecule has 1 N–H and O–H groups in total. The van der Waals surface area contributed by atoms with Gasteiger partial charge < -0.3 is 19.3 Å². The highest BCUT2D eigenvalue weighted by Gasteiger charge is 2.29. The summed E-state index contributed by atoms with van der Waals surface area (Å²) in [5, 5.41) is 9.48. The summed E-state index contributed by atoms with van der Waals surface area (Å²) >= 11 is 0. The monoisotopic (exact) mass is 314 g/mol. The topological polar surface area (TPSA) is 99.1 Å². The van der Waals surface area contributed by atoms with E-state index in [1.165, 1.54) is 30.3 Å². The van der Waals surface area contributed by atoms with Crippen LogP contribution < -0.4 is 4.74 Å². The lowest BCUT2D eigenvalue weighted by atomic mass is 10.1. The fourth-order valence-corrected chi connectivity index (χ4v) is 2.10. The third-order valence-electron chi connectivity index (χ3n) is 3.20. The number of hydrogen-bond acceptors (Lipinski definition) is 7. The predicted octanol–water partition coefficient (Wildman–Crippen LogP) is 1.95. The van der Waals surface area contributed by atoms with E-state index < -0.39 is 18.2 Å². The SMILES string of the molecule is O=COC(O)c1ccc(Oc2ccc3c(c2)C(=O)OC3=O)cc1. The van der Waals surface area contributed by atoms with E-state index in [0.717, 1.165) is 0 Å². The van der Waals surface area contributed by atoms with Crippen molar-refractivity contribution in [1.29, 1.82) is 0 Å². The number of aliphatic hydroxyl groups is 1. The van der Waals surface area contributed by atoms with E-state index in [-0.39, 0.29) is 17.6 Å². The van der Waals surface area contributed by atoms with E-state index in [1.54, 1.807) is 12.1 Å². The summed E-state index contributed by atoms with van der Waals surface area (Å²) in [5.74, 6) is -0.595. The largest absolute Gasteiger partial charge is 0.457 e. The van der Waals surface area contributed by atoms with Gasteiger partial charge in [-0.1, -0.05) is 0 Å². The van der Waals surface area contributed by atoms with E-state index in [4.69, 9.17) is 4.74 Å². The highest BCUT2D eigenvalue weighted by molar-refractivity contribution is 6.14. The zero-order valence-corrected chi connectivity index (χ0v) is 11.6. The third kappa shape index (κ3) is 2.90. The van der Waals surface area contributed by atoms with Crippen molar-refractivity contribution in [2.45, 2.75) is 6.29 Å². The van der Waals surface area contributed by atoms with E-state index in [9.17, 15) is 19.5 Å². The van der Waals surface area contributed by atoms with Crippen molar-refractivity contribution in [2.75, 3.05) is 0 Å². The van der Waals surface area contributed by atoms with Crippen LogP contribution in [-0.2, 0) is 14.3 Å². The Morgan fingerprint density at radius 3 is 2.30 bits per heavy atom. The molecule has 0 fully saturated rings.